The third kappa shape index (κ3) is 36.0. The van der Waals surface area contributed by atoms with E-state index in [-0.39, 0.29) is 57.9 Å². The Morgan fingerprint density at radius 1 is 0.600 bits per heavy atom. The summed E-state index contributed by atoms with van der Waals surface area (Å²) in [4.78, 5) is 0. The molecule has 5 heteroatoms. The number of hydrogen-bond acceptors (Lipinski definition) is 0. The summed E-state index contributed by atoms with van der Waals surface area (Å²) in [6, 6.07) is 0. The average molecular weight is 338 g/mol. The Labute approximate surface area is 58.0 Å². The Hall–Kier alpha value is 1.23. The van der Waals surface area contributed by atoms with E-state index in [1.54, 1.807) is 0 Å². The van der Waals surface area contributed by atoms with E-state index in [4.69, 9.17) is 0 Å². The topological polar surface area (TPSA) is 85.5 Å². The summed E-state index contributed by atoms with van der Waals surface area (Å²) >= 11 is 0. The molecule has 0 atom stereocenters. The van der Waals surface area contributed by atoms with Crippen LogP contribution in [-0.4, -0.2) is 0 Å². The Morgan fingerprint density at radius 2 is 0.600 bits per heavy atom. The molecule has 34 valence electrons. The number of rotatable bonds is 0. The Bertz CT molecular complexity index is 6.85. The molecule has 0 aliphatic carbocycles. The monoisotopic (exact) mass is 338 g/mol. The van der Waals surface area contributed by atoms with Crippen molar-refractivity contribution < 1.29 is 57.9 Å². The van der Waals surface area contributed by atoms with E-state index in [1.165, 1.54) is 0 Å². The maximum atomic E-state index is 0. The summed E-state index contributed by atoms with van der Waals surface area (Å²) in [6.07, 6.45) is 0. The van der Waals surface area contributed by atoms with E-state index >= 15 is 0 Å². The molecule has 0 amide bonds. The van der Waals surface area contributed by atoms with E-state index in [2.05, 4.69) is 0 Å². The van der Waals surface area contributed by atoms with Crippen LogP contribution in [0.5, 0.6) is 0 Å². The van der Waals surface area contributed by atoms with Gasteiger partial charge in [-0.05, 0) is 0 Å². The molecule has 0 rings (SSSR count). The first kappa shape index (κ1) is 113. The smallest absolute Gasteiger partial charge is 2.00 e. The van der Waals surface area contributed by atoms with Crippen molar-refractivity contribution in [3.8, 4) is 0 Å². The second-order valence-electron chi connectivity index (χ2n) is 0. The maximum absolute atomic E-state index is 0. The zero-order valence-corrected chi connectivity index (χ0v) is 6.44. The Kier molecular flexibility index (Phi) is 1390. The van der Waals surface area contributed by atoms with Crippen LogP contribution in [0.3, 0.4) is 0 Å². The molecule has 0 heterocycles. The molecule has 0 fully saturated rings. The van der Waals surface area contributed by atoms with Crippen LogP contribution in [0.4, 0.5) is 0 Å². The first-order chi connectivity index (χ1) is 0. The van der Waals surface area contributed by atoms with Gasteiger partial charge in [0, 0.05) is 20.4 Å². The molecule has 0 N–H and O–H groups in total. The summed E-state index contributed by atoms with van der Waals surface area (Å²) in [5.41, 5.74) is 0. The van der Waals surface area contributed by atoms with Crippen molar-refractivity contribution >= 4 is 0 Å². The molecule has 0 spiro atoms. The van der Waals surface area contributed by atoms with Crippen LogP contribution in [0.2, 0.25) is 0 Å². The first-order valence-corrected chi connectivity index (χ1v) is 0. The van der Waals surface area contributed by atoms with Crippen molar-refractivity contribution in [2.24, 2.45) is 0 Å². The van der Waals surface area contributed by atoms with Crippen molar-refractivity contribution in [2.75, 3.05) is 0 Å². The van der Waals surface area contributed by atoms with Gasteiger partial charge in [0.2, 0.25) is 0 Å². The van der Waals surface area contributed by atoms with Crippen molar-refractivity contribution in [3.05, 3.63) is 0 Å². The molecule has 0 aromatic rings. The third-order valence-electron chi connectivity index (χ3n) is 0. The molecule has 5 heavy (non-hydrogen) atoms. The van der Waals surface area contributed by atoms with Crippen LogP contribution in [0, 0.1) is 0 Å². The minimum Gasteiger partial charge on any atom is -2.00 e. The van der Waals surface area contributed by atoms with E-state index in [1.807, 2.05) is 0 Å². The molecule has 0 bridgehead atoms. The molecule has 0 saturated heterocycles. The quantitative estimate of drug-likeness (QED) is 0.540. The average Bonchev–Trinajstić information content (AvgIpc) is 0. The van der Waals surface area contributed by atoms with E-state index < -0.39 is 0 Å². The van der Waals surface area contributed by atoms with Gasteiger partial charge in [-0.3, -0.25) is 0 Å². The van der Waals surface area contributed by atoms with Gasteiger partial charge in [0.05, 0.1) is 0 Å². The molecule has 0 unspecified atom stereocenters. The van der Waals surface area contributed by atoms with Gasteiger partial charge >= 0.3 is 21.1 Å². The van der Waals surface area contributed by atoms with Gasteiger partial charge < -0.3 is 16.4 Å². The second-order valence-corrected chi connectivity index (χ2v) is 0. The number of hydrogen-bond donors (Lipinski definition) is 0. The fourth-order valence-electron chi connectivity index (χ4n) is 0. The zero-order valence-electron chi connectivity index (χ0n) is 1.95. The van der Waals surface area contributed by atoms with Crippen LogP contribution < -0.4 is 0 Å². The Morgan fingerprint density at radius 3 is 0.600 bits per heavy atom. The summed E-state index contributed by atoms with van der Waals surface area (Å²) in [5.74, 6) is 0. The first-order valence-electron chi connectivity index (χ1n) is 0. The van der Waals surface area contributed by atoms with Crippen LogP contribution in [-0.2, 0) is 57.9 Å². The van der Waals surface area contributed by atoms with Gasteiger partial charge in [0.25, 0.3) is 0 Å². The van der Waals surface area contributed by atoms with E-state index in [0.29, 0.717) is 0 Å². The minimum atomic E-state index is 0. The molecule has 0 aliphatic rings. The summed E-state index contributed by atoms with van der Waals surface area (Å²) in [6.45, 7) is 0. The normalized spacial score (nSPS) is 0. The molecular formula is O3PdW. The fraction of sp³-hybridized carbons (Fsp3) is 0. The molecule has 0 aromatic carbocycles. The molecule has 0 aromatic heterocycles. The fourth-order valence-corrected chi connectivity index (χ4v) is 0. The standard InChI is InChI=1S/3O.Pd.W/q3*-2;;+6. The molecule has 0 saturated carbocycles. The third-order valence-corrected chi connectivity index (χ3v) is 0. The summed E-state index contributed by atoms with van der Waals surface area (Å²) < 4.78 is 0. The van der Waals surface area contributed by atoms with Crippen molar-refractivity contribution in [2.45, 2.75) is 0 Å². The summed E-state index contributed by atoms with van der Waals surface area (Å²) in [7, 11) is 0. The van der Waals surface area contributed by atoms with Gasteiger partial charge in [-0.2, -0.15) is 0 Å². The van der Waals surface area contributed by atoms with Gasteiger partial charge in [-0.25, -0.2) is 0 Å². The van der Waals surface area contributed by atoms with Crippen LogP contribution in [0.25, 0.3) is 0 Å². The predicted molar refractivity (Wildman–Crippen MR) is 2.06 cm³/mol. The van der Waals surface area contributed by atoms with Gasteiger partial charge in [-0.1, -0.05) is 0 Å². The van der Waals surface area contributed by atoms with Gasteiger partial charge in [0.15, 0.2) is 0 Å². The van der Waals surface area contributed by atoms with Crippen molar-refractivity contribution in [1.29, 1.82) is 0 Å². The molecule has 0 radical (unpaired) electrons. The predicted octanol–water partition coefficient (Wildman–Crippen LogP) is -0.361. The zero-order chi connectivity index (χ0) is 0. The SMILES string of the molecule is [O-2].[O-2].[O-2].[Pd].[W+6]. The Balaban J connectivity index is 0. The molecule has 3 nitrogen and oxygen atoms in total. The van der Waals surface area contributed by atoms with E-state index in [9.17, 15) is 0 Å². The maximum Gasteiger partial charge on any atom is 6.00 e. The second kappa shape index (κ2) is 61.8. The van der Waals surface area contributed by atoms with Gasteiger partial charge in [-0.15, -0.1) is 0 Å². The van der Waals surface area contributed by atoms with E-state index in [0.717, 1.165) is 0 Å². The van der Waals surface area contributed by atoms with Gasteiger partial charge in [0.1, 0.15) is 0 Å². The minimum absolute atomic E-state index is 0. The van der Waals surface area contributed by atoms with Crippen molar-refractivity contribution in [1.82, 2.24) is 0 Å². The molecular weight excluding hydrogens is 338 g/mol. The molecule has 0 aliphatic heterocycles. The van der Waals surface area contributed by atoms with Crippen molar-refractivity contribution in [3.63, 3.8) is 0 Å². The summed E-state index contributed by atoms with van der Waals surface area (Å²) in [5, 5.41) is 0. The van der Waals surface area contributed by atoms with Crippen LogP contribution in [0.15, 0.2) is 0 Å². The van der Waals surface area contributed by atoms with Crippen LogP contribution >= 0.6 is 0 Å². The van der Waals surface area contributed by atoms with Crippen LogP contribution in [0.1, 0.15) is 0 Å². The largest absolute Gasteiger partial charge is 6.00 e.